The fourth-order valence-corrected chi connectivity index (χ4v) is 8.74. The molecule has 0 saturated heterocycles. The molecule has 0 aliphatic heterocycles. The Labute approximate surface area is 288 Å². The second-order valence-corrected chi connectivity index (χ2v) is 13.6. The van der Waals surface area contributed by atoms with Gasteiger partial charge in [0.05, 0.1) is 11.0 Å². The van der Waals surface area contributed by atoms with Crippen molar-refractivity contribution in [3.8, 4) is 16.8 Å². The average Bonchev–Trinajstić information content (AvgIpc) is 3.71. The lowest BCUT2D eigenvalue weighted by Gasteiger charge is -2.26. The molecule has 10 rings (SSSR count). The van der Waals surface area contributed by atoms with E-state index in [4.69, 9.17) is 0 Å². The number of hydrogen-bond donors (Lipinski definition) is 0. The first-order valence-electron chi connectivity index (χ1n) is 16.7. The van der Waals surface area contributed by atoms with E-state index in [2.05, 4.69) is 191 Å². The normalized spacial score (nSPS) is 11.7. The number of hydrogen-bond acceptors (Lipinski definition) is 2. The molecule has 49 heavy (non-hydrogen) atoms. The van der Waals surface area contributed by atoms with Gasteiger partial charge in [-0.05, 0) is 88.6 Å². The molecule has 0 atom stereocenters. The van der Waals surface area contributed by atoms with E-state index in [9.17, 15) is 0 Å². The average molecular weight is 643 g/mol. The predicted octanol–water partition coefficient (Wildman–Crippen LogP) is 13.4. The molecule has 8 aromatic carbocycles. The van der Waals surface area contributed by atoms with Gasteiger partial charge in [0.15, 0.2) is 0 Å². The maximum absolute atomic E-state index is 2.39. The summed E-state index contributed by atoms with van der Waals surface area (Å²) in [6, 6.07) is 66.1. The molecule has 0 fully saturated rings. The molecule has 0 aliphatic carbocycles. The Morgan fingerprint density at radius 2 is 1.10 bits per heavy atom. The molecule has 0 amide bonds. The molecule has 2 heterocycles. The highest BCUT2D eigenvalue weighted by Gasteiger charge is 2.19. The number of aromatic nitrogens is 1. The second kappa shape index (κ2) is 11.2. The Morgan fingerprint density at radius 3 is 1.98 bits per heavy atom. The van der Waals surface area contributed by atoms with Crippen molar-refractivity contribution in [3.63, 3.8) is 0 Å². The van der Waals surface area contributed by atoms with Crippen LogP contribution in [0.15, 0.2) is 182 Å². The number of rotatable bonds is 5. The summed E-state index contributed by atoms with van der Waals surface area (Å²) in [7, 11) is 0. The Balaban J connectivity index is 1.20. The first-order chi connectivity index (χ1) is 24.3. The lowest BCUT2D eigenvalue weighted by molar-refractivity contribution is 1.18. The van der Waals surface area contributed by atoms with E-state index in [0.29, 0.717) is 0 Å². The molecule has 2 nitrogen and oxygen atoms in total. The molecule has 3 heteroatoms. The lowest BCUT2D eigenvalue weighted by atomic mass is 9.94. The third-order valence-corrected chi connectivity index (χ3v) is 10.9. The molecule has 0 N–H and O–H groups in total. The molecular formula is C46H30N2S. The Kier molecular flexibility index (Phi) is 6.39. The van der Waals surface area contributed by atoms with Crippen molar-refractivity contribution >= 4 is 81.1 Å². The van der Waals surface area contributed by atoms with Crippen LogP contribution in [0.4, 0.5) is 17.1 Å². The number of fused-ring (bicyclic) bond motifs is 8. The molecule has 0 radical (unpaired) electrons. The Hall–Kier alpha value is -6.16. The SMILES string of the molecule is c1ccc(N(c2cccc(-c3cccc4ccc5sc6ccccc6c5c34)c2)c2ccc3c4ccccc4n(-c4ccccc4)c3c2)cc1. The third kappa shape index (κ3) is 4.47. The fraction of sp³-hybridized carbons (Fsp3) is 0. The van der Waals surface area contributed by atoms with Crippen LogP contribution >= 0.6 is 11.3 Å². The van der Waals surface area contributed by atoms with Crippen LogP contribution in [-0.4, -0.2) is 4.57 Å². The van der Waals surface area contributed by atoms with Gasteiger partial charge in [-0.3, -0.25) is 0 Å². The highest BCUT2D eigenvalue weighted by Crippen LogP contribution is 2.44. The van der Waals surface area contributed by atoms with Gasteiger partial charge in [0.2, 0.25) is 0 Å². The monoisotopic (exact) mass is 642 g/mol. The summed E-state index contributed by atoms with van der Waals surface area (Å²) in [6.07, 6.45) is 0. The zero-order chi connectivity index (χ0) is 32.3. The quantitative estimate of drug-likeness (QED) is 0.181. The standard InChI is InChI=1S/C46H30N2S/c1-3-15-33(16-4-1)47(36-26-27-39-38-20-7-9-23-41(38)48(42(39)30-36)34-17-5-2-6-18-34)35-19-11-14-32(29-35)37-22-12-13-31-25-28-44-46(45(31)37)40-21-8-10-24-43(40)49-44/h1-30H. The lowest BCUT2D eigenvalue weighted by Crippen LogP contribution is -2.10. The van der Waals surface area contributed by atoms with E-state index < -0.39 is 0 Å². The topological polar surface area (TPSA) is 8.17 Å². The van der Waals surface area contributed by atoms with Crippen LogP contribution in [0.3, 0.4) is 0 Å². The maximum atomic E-state index is 2.39. The minimum atomic E-state index is 1.11. The van der Waals surface area contributed by atoms with E-state index in [0.717, 1.165) is 22.7 Å². The van der Waals surface area contributed by atoms with Crippen molar-refractivity contribution in [2.75, 3.05) is 4.90 Å². The van der Waals surface area contributed by atoms with Crippen molar-refractivity contribution in [1.29, 1.82) is 0 Å². The van der Waals surface area contributed by atoms with Crippen molar-refractivity contribution in [2.45, 2.75) is 0 Å². The van der Waals surface area contributed by atoms with Crippen molar-refractivity contribution in [3.05, 3.63) is 182 Å². The van der Waals surface area contributed by atoms with E-state index >= 15 is 0 Å². The highest BCUT2D eigenvalue weighted by atomic mass is 32.1. The molecule has 0 aliphatic rings. The number of benzene rings is 8. The molecule has 0 bridgehead atoms. The van der Waals surface area contributed by atoms with Gasteiger partial charge in [-0.25, -0.2) is 0 Å². The van der Waals surface area contributed by atoms with Crippen LogP contribution in [-0.2, 0) is 0 Å². The van der Waals surface area contributed by atoms with Gasteiger partial charge in [-0.2, -0.15) is 0 Å². The van der Waals surface area contributed by atoms with Crippen LogP contribution in [0.1, 0.15) is 0 Å². The summed E-state index contributed by atoms with van der Waals surface area (Å²) in [5, 5.41) is 7.74. The van der Waals surface area contributed by atoms with Crippen LogP contribution in [0.5, 0.6) is 0 Å². The second-order valence-electron chi connectivity index (χ2n) is 12.6. The summed E-state index contributed by atoms with van der Waals surface area (Å²) >= 11 is 1.87. The molecule has 0 unspecified atom stereocenters. The summed E-state index contributed by atoms with van der Waals surface area (Å²) in [5.74, 6) is 0. The van der Waals surface area contributed by atoms with E-state index in [-0.39, 0.29) is 0 Å². The van der Waals surface area contributed by atoms with Crippen molar-refractivity contribution in [1.82, 2.24) is 4.57 Å². The van der Waals surface area contributed by atoms with Crippen molar-refractivity contribution in [2.24, 2.45) is 0 Å². The Morgan fingerprint density at radius 1 is 0.408 bits per heavy atom. The van der Waals surface area contributed by atoms with Crippen molar-refractivity contribution < 1.29 is 0 Å². The number of para-hydroxylation sites is 3. The molecule has 0 spiro atoms. The van der Waals surface area contributed by atoms with Crippen LogP contribution in [0, 0.1) is 0 Å². The van der Waals surface area contributed by atoms with Crippen LogP contribution in [0.2, 0.25) is 0 Å². The zero-order valence-electron chi connectivity index (χ0n) is 26.6. The summed E-state index contributed by atoms with van der Waals surface area (Å²) in [4.78, 5) is 2.39. The summed E-state index contributed by atoms with van der Waals surface area (Å²) in [5.41, 5.74) is 9.34. The van der Waals surface area contributed by atoms with Gasteiger partial charge in [-0.1, -0.05) is 115 Å². The van der Waals surface area contributed by atoms with E-state index in [1.165, 1.54) is 63.9 Å². The zero-order valence-corrected chi connectivity index (χ0v) is 27.4. The smallest absolute Gasteiger partial charge is 0.0561 e. The fourth-order valence-electron chi connectivity index (χ4n) is 7.62. The maximum Gasteiger partial charge on any atom is 0.0561 e. The van der Waals surface area contributed by atoms with Gasteiger partial charge < -0.3 is 9.47 Å². The summed E-state index contributed by atoms with van der Waals surface area (Å²) in [6.45, 7) is 0. The highest BCUT2D eigenvalue weighted by molar-refractivity contribution is 7.26. The van der Waals surface area contributed by atoms with Gasteiger partial charge in [0.25, 0.3) is 0 Å². The van der Waals surface area contributed by atoms with Gasteiger partial charge >= 0.3 is 0 Å². The van der Waals surface area contributed by atoms with Crippen LogP contribution in [0.25, 0.3) is 69.6 Å². The van der Waals surface area contributed by atoms with E-state index in [1.54, 1.807) is 0 Å². The van der Waals surface area contributed by atoms with Gasteiger partial charge in [0.1, 0.15) is 0 Å². The molecular weight excluding hydrogens is 613 g/mol. The molecule has 10 aromatic rings. The molecule has 2 aromatic heterocycles. The number of thiophene rings is 1. The minimum Gasteiger partial charge on any atom is -0.310 e. The summed E-state index contributed by atoms with van der Waals surface area (Å²) < 4.78 is 5.04. The predicted molar refractivity (Wildman–Crippen MR) is 211 cm³/mol. The van der Waals surface area contributed by atoms with Gasteiger partial charge in [-0.15, -0.1) is 11.3 Å². The Bertz CT molecular complexity index is 2830. The number of anilines is 3. The minimum absolute atomic E-state index is 1.11. The first-order valence-corrected chi connectivity index (χ1v) is 17.5. The van der Waals surface area contributed by atoms with Crippen LogP contribution < -0.4 is 4.90 Å². The molecule has 0 saturated carbocycles. The molecule has 230 valence electrons. The number of nitrogens with zero attached hydrogens (tertiary/aromatic N) is 2. The third-order valence-electron chi connectivity index (χ3n) is 9.74. The first kappa shape index (κ1) is 27.9. The van der Waals surface area contributed by atoms with E-state index in [1.807, 2.05) is 11.3 Å². The van der Waals surface area contributed by atoms with Gasteiger partial charge in [0, 0.05) is 53.7 Å². The largest absolute Gasteiger partial charge is 0.310 e.